The largest absolute Gasteiger partial charge is 0.478 e. The minimum Gasteiger partial charge on any atom is -0.478 e. The van der Waals surface area contributed by atoms with Crippen molar-refractivity contribution in [1.82, 2.24) is 5.32 Å². The molecule has 0 spiro atoms. The van der Waals surface area contributed by atoms with E-state index in [2.05, 4.69) is 5.32 Å². The van der Waals surface area contributed by atoms with Gasteiger partial charge in [-0.2, -0.15) is 0 Å². The Bertz CT molecular complexity index is 386. The van der Waals surface area contributed by atoms with E-state index < -0.39 is 5.97 Å². The van der Waals surface area contributed by atoms with E-state index in [1.54, 1.807) is 0 Å². The predicted molar refractivity (Wildman–Crippen MR) is 53.3 cm³/mol. The van der Waals surface area contributed by atoms with Crippen LogP contribution in [0.15, 0.2) is 18.2 Å². The van der Waals surface area contributed by atoms with Gasteiger partial charge in [-0.1, -0.05) is 0 Å². The number of carboxylic acids is 1. The summed E-state index contributed by atoms with van der Waals surface area (Å²) < 4.78 is 13.0. The Balaban J connectivity index is 2.41. The van der Waals surface area contributed by atoms with Gasteiger partial charge in [0.25, 0.3) is 0 Å². The highest BCUT2D eigenvalue weighted by Crippen LogP contribution is 2.26. The van der Waals surface area contributed by atoms with E-state index >= 15 is 0 Å². The second-order valence-electron chi connectivity index (χ2n) is 3.69. The molecule has 0 aromatic heterocycles. The lowest BCUT2D eigenvalue weighted by atomic mass is 9.99. The fraction of sp³-hybridized carbons (Fsp3) is 0.364. The summed E-state index contributed by atoms with van der Waals surface area (Å²) in [6, 6.07) is 3.80. The van der Waals surface area contributed by atoms with Crippen LogP contribution in [0, 0.1) is 5.82 Å². The molecule has 1 aromatic rings. The lowest BCUT2D eigenvalue weighted by Gasteiger charge is -2.13. The van der Waals surface area contributed by atoms with Gasteiger partial charge >= 0.3 is 5.97 Å². The SMILES string of the molecule is O=C(O)c1ccc(F)cc1C1CCCN1. The van der Waals surface area contributed by atoms with Crippen molar-refractivity contribution in [2.75, 3.05) is 6.54 Å². The minimum atomic E-state index is -1.00. The second-order valence-corrected chi connectivity index (χ2v) is 3.69. The van der Waals surface area contributed by atoms with Crippen molar-refractivity contribution in [2.24, 2.45) is 0 Å². The molecular formula is C11H12FNO2. The maximum Gasteiger partial charge on any atom is 0.336 e. The fourth-order valence-electron chi connectivity index (χ4n) is 1.97. The number of halogens is 1. The molecule has 2 rings (SSSR count). The molecule has 1 aliphatic heterocycles. The van der Waals surface area contributed by atoms with Crippen LogP contribution in [0.2, 0.25) is 0 Å². The van der Waals surface area contributed by atoms with Gasteiger partial charge in [-0.05, 0) is 43.1 Å². The third-order valence-corrected chi connectivity index (χ3v) is 2.68. The van der Waals surface area contributed by atoms with E-state index in [9.17, 15) is 9.18 Å². The molecule has 4 heteroatoms. The summed E-state index contributed by atoms with van der Waals surface area (Å²) in [6.07, 6.45) is 1.87. The van der Waals surface area contributed by atoms with Crippen molar-refractivity contribution in [3.8, 4) is 0 Å². The average molecular weight is 209 g/mol. The van der Waals surface area contributed by atoms with Crippen LogP contribution in [0.1, 0.15) is 34.8 Å². The van der Waals surface area contributed by atoms with Crippen molar-refractivity contribution >= 4 is 5.97 Å². The highest BCUT2D eigenvalue weighted by molar-refractivity contribution is 5.89. The number of carbonyl (C=O) groups is 1. The molecule has 0 saturated carbocycles. The van der Waals surface area contributed by atoms with Gasteiger partial charge in [0, 0.05) is 6.04 Å². The van der Waals surface area contributed by atoms with Crippen LogP contribution in [0.3, 0.4) is 0 Å². The average Bonchev–Trinajstić information content (AvgIpc) is 2.69. The summed E-state index contributed by atoms with van der Waals surface area (Å²) in [4.78, 5) is 10.9. The first-order valence-corrected chi connectivity index (χ1v) is 4.94. The Morgan fingerprint density at radius 3 is 2.93 bits per heavy atom. The topological polar surface area (TPSA) is 49.3 Å². The fourth-order valence-corrected chi connectivity index (χ4v) is 1.97. The molecule has 0 aliphatic carbocycles. The van der Waals surface area contributed by atoms with Crippen molar-refractivity contribution < 1.29 is 14.3 Å². The number of carboxylic acid groups (broad SMARTS) is 1. The van der Waals surface area contributed by atoms with Crippen LogP contribution in [-0.2, 0) is 0 Å². The van der Waals surface area contributed by atoms with Gasteiger partial charge < -0.3 is 10.4 Å². The molecule has 1 unspecified atom stereocenters. The van der Waals surface area contributed by atoms with E-state index in [1.807, 2.05) is 0 Å². The Kier molecular flexibility index (Phi) is 2.68. The molecule has 0 bridgehead atoms. The van der Waals surface area contributed by atoms with Gasteiger partial charge in [0.2, 0.25) is 0 Å². The van der Waals surface area contributed by atoms with Crippen molar-refractivity contribution in [3.05, 3.63) is 35.1 Å². The van der Waals surface area contributed by atoms with Gasteiger partial charge in [-0.25, -0.2) is 9.18 Å². The van der Waals surface area contributed by atoms with Crippen LogP contribution >= 0.6 is 0 Å². The van der Waals surface area contributed by atoms with Crippen LogP contribution in [-0.4, -0.2) is 17.6 Å². The smallest absolute Gasteiger partial charge is 0.336 e. The molecule has 1 fully saturated rings. The number of benzene rings is 1. The van der Waals surface area contributed by atoms with Crippen molar-refractivity contribution in [3.63, 3.8) is 0 Å². The highest BCUT2D eigenvalue weighted by Gasteiger charge is 2.22. The van der Waals surface area contributed by atoms with Gasteiger partial charge in [-0.15, -0.1) is 0 Å². The van der Waals surface area contributed by atoms with Crippen molar-refractivity contribution in [2.45, 2.75) is 18.9 Å². The molecule has 0 radical (unpaired) electrons. The first-order chi connectivity index (χ1) is 7.18. The summed E-state index contributed by atoms with van der Waals surface area (Å²) >= 11 is 0. The lowest BCUT2D eigenvalue weighted by Crippen LogP contribution is -2.16. The molecule has 1 atom stereocenters. The molecule has 15 heavy (non-hydrogen) atoms. The molecule has 0 amide bonds. The van der Waals surface area contributed by atoms with Gasteiger partial charge in [-0.3, -0.25) is 0 Å². The molecule has 1 aliphatic rings. The first-order valence-electron chi connectivity index (χ1n) is 4.94. The van der Waals surface area contributed by atoms with Crippen LogP contribution < -0.4 is 5.32 Å². The Morgan fingerprint density at radius 2 is 2.33 bits per heavy atom. The van der Waals surface area contributed by atoms with E-state index in [0.717, 1.165) is 19.4 Å². The Morgan fingerprint density at radius 1 is 1.53 bits per heavy atom. The summed E-state index contributed by atoms with van der Waals surface area (Å²) in [5, 5.41) is 12.1. The Hall–Kier alpha value is -1.42. The third kappa shape index (κ3) is 1.99. The van der Waals surface area contributed by atoms with Crippen molar-refractivity contribution in [1.29, 1.82) is 0 Å². The van der Waals surface area contributed by atoms with Crippen LogP contribution in [0.5, 0.6) is 0 Å². The normalized spacial score (nSPS) is 20.5. The summed E-state index contributed by atoms with van der Waals surface area (Å²) in [6.45, 7) is 0.861. The number of hydrogen-bond acceptors (Lipinski definition) is 2. The van der Waals surface area contributed by atoms with Crippen LogP contribution in [0.25, 0.3) is 0 Å². The van der Waals surface area contributed by atoms with E-state index in [0.29, 0.717) is 5.56 Å². The molecule has 1 saturated heterocycles. The molecular weight excluding hydrogens is 197 g/mol. The van der Waals surface area contributed by atoms with Gasteiger partial charge in [0.15, 0.2) is 0 Å². The standard InChI is InChI=1S/C11H12FNO2/c12-7-3-4-8(11(14)15)9(6-7)10-2-1-5-13-10/h3-4,6,10,13H,1-2,5H2,(H,14,15). The highest BCUT2D eigenvalue weighted by atomic mass is 19.1. The second kappa shape index (κ2) is 3.98. The number of rotatable bonds is 2. The third-order valence-electron chi connectivity index (χ3n) is 2.68. The van der Waals surface area contributed by atoms with E-state index in [1.165, 1.54) is 18.2 Å². The molecule has 1 heterocycles. The number of hydrogen-bond donors (Lipinski definition) is 2. The molecule has 3 nitrogen and oxygen atoms in total. The Labute approximate surface area is 86.9 Å². The van der Waals surface area contributed by atoms with Gasteiger partial charge in [0.1, 0.15) is 5.82 Å². The van der Waals surface area contributed by atoms with E-state index in [-0.39, 0.29) is 17.4 Å². The zero-order chi connectivity index (χ0) is 10.8. The number of aromatic carboxylic acids is 1. The summed E-state index contributed by atoms with van der Waals surface area (Å²) in [5.41, 5.74) is 0.746. The molecule has 1 aromatic carbocycles. The van der Waals surface area contributed by atoms with Gasteiger partial charge in [0.05, 0.1) is 5.56 Å². The zero-order valence-corrected chi connectivity index (χ0v) is 8.16. The minimum absolute atomic E-state index is 0.0215. The maximum atomic E-state index is 13.0. The lowest BCUT2D eigenvalue weighted by molar-refractivity contribution is 0.0695. The zero-order valence-electron chi connectivity index (χ0n) is 8.16. The number of nitrogens with one attached hydrogen (secondary N) is 1. The summed E-state index contributed by atoms with van der Waals surface area (Å²) in [7, 11) is 0. The monoisotopic (exact) mass is 209 g/mol. The quantitative estimate of drug-likeness (QED) is 0.782. The maximum absolute atomic E-state index is 13.0. The molecule has 80 valence electrons. The molecule has 2 N–H and O–H groups in total. The summed E-state index contributed by atoms with van der Waals surface area (Å²) in [5.74, 6) is -1.39. The predicted octanol–water partition coefficient (Wildman–Crippen LogP) is 1.95. The first kappa shape index (κ1) is 10.1. The van der Waals surface area contributed by atoms with E-state index in [4.69, 9.17) is 5.11 Å². The van der Waals surface area contributed by atoms with Crippen LogP contribution in [0.4, 0.5) is 4.39 Å².